The summed E-state index contributed by atoms with van der Waals surface area (Å²) in [6.45, 7) is 4.11. The van der Waals surface area contributed by atoms with Gasteiger partial charge < -0.3 is 24.1 Å². The second-order valence-electron chi connectivity index (χ2n) is 4.08. The lowest BCUT2D eigenvalue weighted by atomic mass is 10.1. The van der Waals surface area contributed by atoms with Gasteiger partial charge in [-0.1, -0.05) is 0 Å². The average molecular weight is 262 g/mol. The molecule has 0 aromatic rings. The molecule has 7 heteroatoms. The molecule has 1 rings (SSSR count). The molecule has 1 aliphatic heterocycles. The van der Waals surface area contributed by atoms with E-state index in [-0.39, 0.29) is 0 Å². The van der Waals surface area contributed by atoms with Crippen LogP contribution in [0.25, 0.3) is 0 Å². The van der Waals surface area contributed by atoms with Crippen LogP contribution in [-0.4, -0.2) is 54.9 Å². The maximum absolute atomic E-state index is 10.9. The van der Waals surface area contributed by atoms with Gasteiger partial charge in [0.15, 0.2) is 12.4 Å². The number of hydrogen-bond acceptors (Lipinski definition) is 7. The van der Waals surface area contributed by atoms with Crippen molar-refractivity contribution in [3.8, 4) is 0 Å². The summed E-state index contributed by atoms with van der Waals surface area (Å²) in [5.74, 6) is -1.02. The number of esters is 2. The van der Waals surface area contributed by atoms with E-state index in [0.717, 1.165) is 0 Å². The molecule has 1 heterocycles. The van der Waals surface area contributed by atoms with Crippen LogP contribution in [0.1, 0.15) is 20.8 Å². The minimum absolute atomic E-state index is 0.466. The first-order valence-corrected chi connectivity index (χ1v) is 5.57. The smallest absolute Gasteiger partial charge is 0.303 e. The molecule has 0 aromatic carbocycles. The minimum Gasteiger partial charge on any atom is -0.460 e. The Morgan fingerprint density at radius 1 is 1.22 bits per heavy atom. The standard InChI is InChI=1S/C11H18O7/c1-5(16-6(2)12)8-9(15-4)10(11(14)18-8)17-7(3)13/h5,8-11,14H,1-4H3/t5-,8-,9-,10-,11?/m1/s1. The number of carbonyl (C=O) groups is 2. The Hall–Kier alpha value is -1.18. The third-order valence-corrected chi connectivity index (χ3v) is 2.61. The second-order valence-corrected chi connectivity index (χ2v) is 4.08. The molecular weight excluding hydrogens is 244 g/mol. The Kier molecular flexibility index (Phi) is 5.06. The number of ether oxygens (including phenoxy) is 4. The Morgan fingerprint density at radius 2 is 1.83 bits per heavy atom. The summed E-state index contributed by atoms with van der Waals surface area (Å²) in [6.07, 6.45) is -4.25. The van der Waals surface area contributed by atoms with Crippen molar-refractivity contribution in [3.63, 3.8) is 0 Å². The molecule has 7 nitrogen and oxygen atoms in total. The molecule has 1 fully saturated rings. The average Bonchev–Trinajstić information content (AvgIpc) is 2.54. The van der Waals surface area contributed by atoms with Gasteiger partial charge >= 0.3 is 11.9 Å². The van der Waals surface area contributed by atoms with Crippen LogP contribution in [0.3, 0.4) is 0 Å². The first-order chi connectivity index (χ1) is 8.36. The number of carbonyl (C=O) groups excluding carboxylic acids is 2. The highest BCUT2D eigenvalue weighted by atomic mass is 16.7. The maximum atomic E-state index is 10.9. The highest BCUT2D eigenvalue weighted by Crippen LogP contribution is 2.28. The fraction of sp³-hybridized carbons (Fsp3) is 0.818. The van der Waals surface area contributed by atoms with Gasteiger partial charge in [0, 0.05) is 21.0 Å². The number of hydrogen-bond donors (Lipinski definition) is 1. The lowest BCUT2D eigenvalue weighted by Gasteiger charge is -2.24. The zero-order chi connectivity index (χ0) is 13.9. The van der Waals surface area contributed by atoms with Gasteiger partial charge in [0.25, 0.3) is 0 Å². The van der Waals surface area contributed by atoms with Crippen molar-refractivity contribution in [2.45, 2.75) is 51.5 Å². The topological polar surface area (TPSA) is 91.3 Å². The van der Waals surface area contributed by atoms with Crippen molar-refractivity contribution >= 4 is 11.9 Å². The van der Waals surface area contributed by atoms with Gasteiger partial charge in [-0.15, -0.1) is 0 Å². The van der Waals surface area contributed by atoms with Crippen molar-refractivity contribution in [1.29, 1.82) is 0 Å². The van der Waals surface area contributed by atoms with Crippen LogP contribution in [0.15, 0.2) is 0 Å². The summed E-state index contributed by atoms with van der Waals surface area (Å²) < 4.78 is 20.3. The fourth-order valence-electron chi connectivity index (χ4n) is 1.96. The fourth-order valence-corrected chi connectivity index (χ4v) is 1.96. The first kappa shape index (κ1) is 14.9. The summed E-state index contributed by atoms with van der Waals surface area (Å²) >= 11 is 0. The molecule has 104 valence electrons. The third kappa shape index (κ3) is 3.41. The van der Waals surface area contributed by atoms with Crippen LogP contribution in [0.5, 0.6) is 0 Å². The molecule has 0 aromatic heterocycles. The lowest BCUT2D eigenvalue weighted by Crippen LogP contribution is -2.42. The number of aliphatic hydroxyl groups excluding tert-OH is 1. The van der Waals surface area contributed by atoms with Crippen LogP contribution in [-0.2, 0) is 28.5 Å². The van der Waals surface area contributed by atoms with Gasteiger partial charge in [-0.2, -0.15) is 0 Å². The van der Waals surface area contributed by atoms with Crippen molar-refractivity contribution in [3.05, 3.63) is 0 Å². The molecule has 0 aliphatic carbocycles. The molecule has 1 aliphatic rings. The van der Waals surface area contributed by atoms with E-state index < -0.39 is 42.6 Å². The van der Waals surface area contributed by atoms with E-state index in [0.29, 0.717) is 0 Å². The molecule has 1 unspecified atom stereocenters. The van der Waals surface area contributed by atoms with Gasteiger partial charge in [0.1, 0.15) is 18.3 Å². The van der Waals surface area contributed by atoms with Crippen LogP contribution in [0, 0.1) is 0 Å². The SMILES string of the molecule is CO[C@@H]1[C@@H]([C@@H](C)OC(C)=O)OC(O)[C@@H]1OC(C)=O. The summed E-state index contributed by atoms with van der Waals surface area (Å²) in [7, 11) is 1.40. The summed E-state index contributed by atoms with van der Waals surface area (Å²) in [4.78, 5) is 21.8. The lowest BCUT2D eigenvalue weighted by molar-refractivity contribution is -0.176. The Morgan fingerprint density at radius 3 is 2.28 bits per heavy atom. The van der Waals surface area contributed by atoms with Crippen LogP contribution in [0.2, 0.25) is 0 Å². The summed E-state index contributed by atoms with van der Waals surface area (Å²) in [6, 6.07) is 0. The predicted octanol–water partition coefficient (Wildman–Crippen LogP) is -0.398. The van der Waals surface area contributed by atoms with Crippen molar-refractivity contribution in [2.75, 3.05) is 7.11 Å². The van der Waals surface area contributed by atoms with E-state index in [1.807, 2.05) is 0 Å². The molecule has 0 saturated carbocycles. The monoisotopic (exact) mass is 262 g/mol. The van der Waals surface area contributed by atoms with Gasteiger partial charge in [-0.3, -0.25) is 9.59 Å². The van der Waals surface area contributed by atoms with Crippen LogP contribution >= 0.6 is 0 Å². The van der Waals surface area contributed by atoms with E-state index >= 15 is 0 Å². The summed E-state index contributed by atoms with van der Waals surface area (Å²) in [5.41, 5.74) is 0. The molecule has 0 spiro atoms. The van der Waals surface area contributed by atoms with Gasteiger partial charge in [-0.25, -0.2) is 0 Å². The van der Waals surface area contributed by atoms with E-state index in [2.05, 4.69) is 0 Å². The zero-order valence-corrected chi connectivity index (χ0v) is 10.8. The van der Waals surface area contributed by atoms with Crippen LogP contribution in [0.4, 0.5) is 0 Å². The molecule has 1 saturated heterocycles. The third-order valence-electron chi connectivity index (χ3n) is 2.61. The maximum Gasteiger partial charge on any atom is 0.303 e. The zero-order valence-electron chi connectivity index (χ0n) is 10.8. The molecule has 0 amide bonds. The van der Waals surface area contributed by atoms with Crippen molar-refractivity contribution in [2.24, 2.45) is 0 Å². The quantitative estimate of drug-likeness (QED) is 0.689. The van der Waals surface area contributed by atoms with E-state index in [9.17, 15) is 14.7 Å². The highest BCUT2D eigenvalue weighted by Gasteiger charge is 2.49. The molecule has 1 N–H and O–H groups in total. The second kappa shape index (κ2) is 6.12. The van der Waals surface area contributed by atoms with Crippen LogP contribution < -0.4 is 0 Å². The number of aliphatic hydroxyl groups is 1. The molecule has 0 radical (unpaired) electrons. The minimum atomic E-state index is -1.30. The van der Waals surface area contributed by atoms with Crippen molar-refractivity contribution in [1.82, 2.24) is 0 Å². The number of methoxy groups -OCH3 is 1. The normalized spacial score (nSPS) is 32.9. The Labute approximate surface area is 105 Å². The van der Waals surface area contributed by atoms with E-state index in [1.165, 1.54) is 21.0 Å². The first-order valence-electron chi connectivity index (χ1n) is 5.57. The Bertz CT molecular complexity index is 317. The Balaban J connectivity index is 2.76. The number of rotatable bonds is 4. The molecular formula is C11H18O7. The van der Waals surface area contributed by atoms with Gasteiger partial charge in [0.05, 0.1) is 0 Å². The molecule has 18 heavy (non-hydrogen) atoms. The summed E-state index contributed by atoms with van der Waals surface area (Å²) in [5, 5.41) is 9.67. The van der Waals surface area contributed by atoms with E-state index in [1.54, 1.807) is 6.92 Å². The largest absolute Gasteiger partial charge is 0.460 e. The van der Waals surface area contributed by atoms with Gasteiger partial charge in [0.2, 0.25) is 0 Å². The van der Waals surface area contributed by atoms with Crippen molar-refractivity contribution < 1.29 is 33.6 Å². The van der Waals surface area contributed by atoms with Gasteiger partial charge in [-0.05, 0) is 6.92 Å². The molecule has 0 bridgehead atoms. The predicted molar refractivity (Wildman–Crippen MR) is 58.5 cm³/mol. The van der Waals surface area contributed by atoms with E-state index in [4.69, 9.17) is 18.9 Å². The molecule has 5 atom stereocenters. The highest BCUT2D eigenvalue weighted by molar-refractivity contribution is 5.66.